The number of aromatic nitrogens is 3. The molecule has 0 unspecified atom stereocenters. The molecule has 5 nitrogen and oxygen atoms in total. The van der Waals surface area contributed by atoms with Gasteiger partial charge in [0.25, 0.3) is 0 Å². The normalized spacial score (nSPS) is 10.8. The summed E-state index contributed by atoms with van der Waals surface area (Å²) in [7, 11) is 0. The average Bonchev–Trinajstić information content (AvgIpc) is 2.86. The van der Waals surface area contributed by atoms with Gasteiger partial charge < -0.3 is 5.32 Å². The van der Waals surface area contributed by atoms with E-state index in [1.54, 1.807) is 0 Å². The Labute approximate surface area is 196 Å². The summed E-state index contributed by atoms with van der Waals surface area (Å²) in [6.45, 7) is 0. The Hall–Kier alpha value is -3.79. The number of carbonyl (C=O) groups is 1. The highest BCUT2D eigenvalue weighted by atomic mass is 32.2. The average molecular weight is 484 g/mol. The molecular weight excluding hydrogens is 468 g/mol. The molecule has 1 N–H and O–H groups in total. The van der Waals surface area contributed by atoms with Crippen LogP contribution in [0.3, 0.4) is 0 Å². The van der Waals surface area contributed by atoms with Crippen molar-refractivity contribution in [3.8, 4) is 22.5 Å². The van der Waals surface area contributed by atoms with E-state index in [9.17, 15) is 22.4 Å². The van der Waals surface area contributed by atoms with Crippen molar-refractivity contribution in [2.75, 3.05) is 11.1 Å². The Morgan fingerprint density at radius 1 is 0.794 bits per heavy atom. The van der Waals surface area contributed by atoms with E-state index in [2.05, 4.69) is 15.2 Å². The third-order valence-electron chi connectivity index (χ3n) is 4.70. The second kappa shape index (κ2) is 10.4. The number of nitrogens with zero attached hydrogens (tertiary/aromatic N) is 3. The topological polar surface area (TPSA) is 67.8 Å². The van der Waals surface area contributed by atoms with Gasteiger partial charge in [-0.1, -0.05) is 72.4 Å². The van der Waals surface area contributed by atoms with E-state index in [4.69, 9.17) is 0 Å². The molecule has 10 heteroatoms. The van der Waals surface area contributed by atoms with Gasteiger partial charge in [-0.2, -0.15) is 0 Å². The molecular formula is C24H16F4N4OS. The Bertz CT molecular complexity index is 1300. The third kappa shape index (κ3) is 5.23. The van der Waals surface area contributed by atoms with Gasteiger partial charge in [-0.15, -0.1) is 10.2 Å². The van der Waals surface area contributed by atoms with Gasteiger partial charge in [-0.3, -0.25) is 4.79 Å². The standard InChI is InChI=1S/C24H16F4N4OS/c25-16-13-17(26)20(28)23(19(16)27)29-18(33)11-12-34-24-30-21(14-7-3-1-4-8-14)22(31-32-24)15-9-5-2-6-10-15/h1-10,13H,11-12H2,(H,29,33). The van der Waals surface area contributed by atoms with Crippen LogP contribution in [0, 0.1) is 23.3 Å². The molecule has 1 aromatic heterocycles. The summed E-state index contributed by atoms with van der Waals surface area (Å²) >= 11 is 1.11. The Morgan fingerprint density at radius 3 is 1.94 bits per heavy atom. The lowest BCUT2D eigenvalue weighted by atomic mass is 10.0. The summed E-state index contributed by atoms with van der Waals surface area (Å²) in [5.74, 6) is -7.24. The number of hydrogen-bond donors (Lipinski definition) is 1. The van der Waals surface area contributed by atoms with Gasteiger partial charge in [0.1, 0.15) is 17.1 Å². The maximum atomic E-state index is 13.7. The monoisotopic (exact) mass is 484 g/mol. The third-order valence-corrected chi connectivity index (χ3v) is 5.54. The molecule has 34 heavy (non-hydrogen) atoms. The number of anilines is 1. The number of carbonyl (C=O) groups excluding carboxylic acids is 1. The molecule has 0 aliphatic rings. The van der Waals surface area contributed by atoms with Crippen molar-refractivity contribution in [3.05, 3.63) is 90.0 Å². The Kier molecular flexibility index (Phi) is 7.17. The van der Waals surface area contributed by atoms with E-state index in [1.165, 1.54) is 0 Å². The van der Waals surface area contributed by atoms with Crippen LogP contribution in [-0.4, -0.2) is 26.8 Å². The number of benzene rings is 3. The van der Waals surface area contributed by atoms with Crippen molar-refractivity contribution < 1.29 is 22.4 Å². The minimum absolute atomic E-state index is 0.0734. The van der Waals surface area contributed by atoms with Gasteiger partial charge >= 0.3 is 0 Å². The zero-order valence-corrected chi connectivity index (χ0v) is 18.3. The van der Waals surface area contributed by atoms with Crippen LogP contribution in [0.5, 0.6) is 0 Å². The van der Waals surface area contributed by atoms with Crippen LogP contribution in [0.25, 0.3) is 22.5 Å². The number of halogens is 4. The molecule has 0 saturated carbocycles. The number of amides is 1. The maximum Gasteiger partial charge on any atom is 0.225 e. The van der Waals surface area contributed by atoms with E-state index in [0.717, 1.165) is 22.9 Å². The minimum atomic E-state index is -1.67. The van der Waals surface area contributed by atoms with E-state index in [-0.39, 0.29) is 18.2 Å². The molecule has 0 atom stereocenters. The zero-order valence-electron chi connectivity index (χ0n) is 17.4. The maximum absolute atomic E-state index is 13.7. The molecule has 0 bridgehead atoms. The summed E-state index contributed by atoms with van der Waals surface area (Å²) in [6.07, 6.45) is -0.216. The molecule has 0 aliphatic carbocycles. The van der Waals surface area contributed by atoms with Gasteiger partial charge in [-0.05, 0) is 0 Å². The lowest BCUT2D eigenvalue weighted by molar-refractivity contribution is -0.115. The molecule has 0 spiro atoms. The van der Waals surface area contributed by atoms with E-state index >= 15 is 0 Å². The van der Waals surface area contributed by atoms with E-state index in [0.29, 0.717) is 16.5 Å². The lowest BCUT2D eigenvalue weighted by Crippen LogP contribution is -2.16. The van der Waals surface area contributed by atoms with Crippen LogP contribution in [0.4, 0.5) is 23.2 Å². The van der Waals surface area contributed by atoms with Gasteiger partial charge in [0.2, 0.25) is 11.1 Å². The highest BCUT2D eigenvalue weighted by molar-refractivity contribution is 7.99. The first kappa shape index (κ1) is 23.4. The van der Waals surface area contributed by atoms with Crippen molar-refractivity contribution in [3.63, 3.8) is 0 Å². The Morgan fingerprint density at radius 2 is 1.35 bits per heavy atom. The fraction of sp³-hybridized carbons (Fsp3) is 0.0833. The summed E-state index contributed by atoms with van der Waals surface area (Å²) in [5.41, 5.74) is 1.70. The summed E-state index contributed by atoms with van der Waals surface area (Å²) in [6, 6.07) is 18.9. The van der Waals surface area contributed by atoms with Crippen LogP contribution in [0.1, 0.15) is 6.42 Å². The lowest BCUT2D eigenvalue weighted by Gasteiger charge is -2.10. The van der Waals surface area contributed by atoms with Crippen molar-refractivity contribution in [2.24, 2.45) is 0 Å². The molecule has 4 aromatic rings. The second-order valence-electron chi connectivity index (χ2n) is 7.01. The fourth-order valence-corrected chi connectivity index (χ4v) is 3.80. The van der Waals surface area contributed by atoms with Gasteiger partial charge in [0.05, 0.1) is 0 Å². The number of nitrogens with one attached hydrogen (secondary N) is 1. The van der Waals surface area contributed by atoms with E-state index in [1.807, 2.05) is 66.0 Å². The highest BCUT2D eigenvalue weighted by Gasteiger charge is 2.21. The predicted molar refractivity (Wildman–Crippen MR) is 121 cm³/mol. The minimum Gasteiger partial charge on any atom is -0.321 e. The SMILES string of the molecule is O=C(CCSc1nnc(-c2ccccc2)c(-c2ccccc2)n1)Nc1c(F)c(F)cc(F)c1F. The number of hydrogen-bond acceptors (Lipinski definition) is 5. The van der Waals surface area contributed by atoms with Crippen molar-refractivity contribution in [2.45, 2.75) is 11.6 Å². The predicted octanol–water partition coefficient (Wildman–Crippen LogP) is 5.88. The van der Waals surface area contributed by atoms with Crippen LogP contribution in [0.15, 0.2) is 71.9 Å². The molecule has 172 valence electrons. The largest absolute Gasteiger partial charge is 0.321 e. The van der Waals surface area contributed by atoms with Crippen molar-refractivity contribution >= 4 is 23.4 Å². The van der Waals surface area contributed by atoms with Crippen LogP contribution in [0.2, 0.25) is 0 Å². The summed E-state index contributed by atoms with van der Waals surface area (Å²) in [4.78, 5) is 16.7. The van der Waals surface area contributed by atoms with Gasteiger partial charge in [-0.25, -0.2) is 22.5 Å². The molecule has 0 aliphatic heterocycles. The van der Waals surface area contributed by atoms with Crippen molar-refractivity contribution in [1.29, 1.82) is 0 Å². The van der Waals surface area contributed by atoms with Gasteiger partial charge in [0.15, 0.2) is 23.3 Å². The first-order valence-corrected chi connectivity index (χ1v) is 11.0. The van der Waals surface area contributed by atoms with Crippen molar-refractivity contribution in [1.82, 2.24) is 15.2 Å². The molecule has 4 rings (SSSR count). The molecule has 0 fully saturated rings. The first-order chi connectivity index (χ1) is 16.4. The van der Waals surface area contributed by atoms with Crippen LogP contribution >= 0.6 is 11.8 Å². The molecule has 1 heterocycles. The van der Waals surface area contributed by atoms with E-state index < -0.39 is 34.9 Å². The number of thioether (sulfide) groups is 1. The fourth-order valence-electron chi connectivity index (χ4n) is 3.08. The molecule has 0 saturated heterocycles. The smallest absolute Gasteiger partial charge is 0.225 e. The Balaban J connectivity index is 1.48. The zero-order chi connectivity index (χ0) is 24.1. The highest BCUT2D eigenvalue weighted by Crippen LogP contribution is 2.30. The second-order valence-corrected chi connectivity index (χ2v) is 8.08. The first-order valence-electron chi connectivity index (χ1n) is 10.0. The number of rotatable bonds is 7. The summed E-state index contributed by atoms with van der Waals surface area (Å²) < 4.78 is 54.1. The summed E-state index contributed by atoms with van der Waals surface area (Å²) in [5, 5.41) is 10.6. The molecule has 0 radical (unpaired) electrons. The van der Waals surface area contributed by atoms with Crippen LogP contribution < -0.4 is 5.32 Å². The quantitative estimate of drug-likeness (QED) is 0.202. The molecule has 1 amide bonds. The molecule has 3 aromatic carbocycles. The van der Waals surface area contributed by atoms with Crippen LogP contribution in [-0.2, 0) is 4.79 Å². The van der Waals surface area contributed by atoms with Gasteiger partial charge in [0, 0.05) is 29.4 Å².